The van der Waals surface area contributed by atoms with Crippen LogP contribution in [0.5, 0.6) is 5.75 Å². The van der Waals surface area contributed by atoms with Crippen LogP contribution in [0.1, 0.15) is 30.4 Å². The van der Waals surface area contributed by atoms with E-state index in [1.54, 1.807) is 36.5 Å². The van der Waals surface area contributed by atoms with Gasteiger partial charge in [0.1, 0.15) is 23.9 Å². The number of para-hydroxylation sites is 1. The fraction of sp³-hybridized carbons (Fsp3) is 0.310. The van der Waals surface area contributed by atoms with Crippen LogP contribution in [0.25, 0.3) is 10.9 Å². The number of carbonyl (C=O) groups is 6. The van der Waals surface area contributed by atoms with Crippen LogP contribution in [0, 0.1) is 0 Å². The number of carbonyl (C=O) groups excluding carboxylic acids is 4. The Hall–Kier alpha value is -5.44. The van der Waals surface area contributed by atoms with E-state index < -0.39 is 66.2 Å². The second-order valence-corrected chi connectivity index (χ2v) is 10.2. The van der Waals surface area contributed by atoms with Gasteiger partial charge < -0.3 is 47.7 Å². The summed E-state index contributed by atoms with van der Waals surface area (Å²) in [5, 5.41) is 36.1. The number of nitrogens with one attached hydrogen (secondary N) is 4. The van der Waals surface area contributed by atoms with Crippen molar-refractivity contribution in [2.75, 3.05) is 0 Å². The number of aromatic hydroxyl groups is 1. The predicted molar refractivity (Wildman–Crippen MR) is 156 cm³/mol. The van der Waals surface area contributed by atoms with Crippen molar-refractivity contribution in [1.29, 1.82) is 0 Å². The maximum Gasteiger partial charge on any atom is 0.326 e. The number of primary amides is 1. The van der Waals surface area contributed by atoms with Crippen molar-refractivity contribution in [3.8, 4) is 5.75 Å². The molecule has 3 aromatic rings. The van der Waals surface area contributed by atoms with E-state index in [9.17, 15) is 44.1 Å². The number of rotatable bonds is 16. The van der Waals surface area contributed by atoms with Crippen LogP contribution in [0.3, 0.4) is 0 Å². The van der Waals surface area contributed by atoms with Crippen molar-refractivity contribution in [2.24, 2.45) is 11.5 Å². The molecular formula is C29H34N6O9. The number of amides is 4. The summed E-state index contributed by atoms with van der Waals surface area (Å²) in [6.07, 6.45) is 0.00233. The zero-order valence-electron chi connectivity index (χ0n) is 23.5. The zero-order valence-corrected chi connectivity index (χ0v) is 23.5. The summed E-state index contributed by atoms with van der Waals surface area (Å²) in [6, 6.07) is 7.48. The highest BCUT2D eigenvalue weighted by atomic mass is 16.4. The summed E-state index contributed by atoms with van der Waals surface area (Å²) < 4.78 is 0. The molecule has 44 heavy (non-hydrogen) atoms. The van der Waals surface area contributed by atoms with Crippen LogP contribution in [0.15, 0.2) is 54.7 Å². The summed E-state index contributed by atoms with van der Waals surface area (Å²) >= 11 is 0. The summed E-state index contributed by atoms with van der Waals surface area (Å²) in [5.41, 5.74) is 13.2. The first-order valence-electron chi connectivity index (χ1n) is 13.6. The van der Waals surface area contributed by atoms with Gasteiger partial charge in [-0.2, -0.15) is 0 Å². The first-order valence-corrected chi connectivity index (χ1v) is 13.6. The van der Waals surface area contributed by atoms with Gasteiger partial charge in [-0.25, -0.2) is 4.79 Å². The third-order valence-electron chi connectivity index (χ3n) is 6.77. The molecule has 15 nitrogen and oxygen atoms in total. The number of aromatic nitrogens is 1. The first kappa shape index (κ1) is 33.1. The van der Waals surface area contributed by atoms with Crippen LogP contribution in [0.4, 0.5) is 0 Å². The molecule has 0 fully saturated rings. The normalized spacial score (nSPS) is 13.7. The van der Waals surface area contributed by atoms with Crippen LogP contribution >= 0.6 is 0 Å². The predicted octanol–water partition coefficient (Wildman–Crippen LogP) is -0.735. The number of H-pyrrole nitrogens is 1. The van der Waals surface area contributed by atoms with Gasteiger partial charge in [-0.05, 0) is 42.2 Å². The summed E-state index contributed by atoms with van der Waals surface area (Å²) in [4.78, 5) is 76.9. The van der Waals surface area contributed by atoms with E-state index in [0.717, 1.165) is 10.9 Å². The van der Waals surface area contributed by atoms with E-state index in [2.05, 4.69) is 20.9 Å². The van der Waals surface area contributed by atoms with Crippen LogP contribution in [0.2, 0.25) is 0 Å². The van der Waals surface area contributed by atoms with Crippen molar-refractivity contribution in [2.45, 2.75) is 56.3 Å². The summed E-state index contributed by atoms with van der Waals surface area (Å²) in [7, 11) is 0. The molecule has 2 aromatic carbocycles. The van der Waals surface area contributed by atoms with Gasteiger partial charge in [0.15, 0.2) is 0 Å². The quantitative estimate of drug-likeness (QED) is 0.0980. The number of hydrogen-bond donors (Lipinski definition) is 9. The lowest BCUT2D eigenvalue weighted by molar-refractivity contribution is -0.143. The molecule has 15 heteroatoms. The Kier molecular flexibility index (Phi) is 11.4. The van der Waals surface area contributed by atoms with Crippen molar-refractivity contribution in [3.05, 3.63) is 65.9 Å². The number of carboxylic acid groups (broad SMARTS) is 2. The lowest BCUT2D eigenvalue weighted by Crippen LogP contribution is -2.58. The standard InChI is InChI=1S/C29H34N6O9/c30-19(11-15-5-7-17(36)8-6-15)26(40)34-22(12-16-14-32-20-4-2-1-3-18(16)20)27(41)35-23(13-25(38)39)28(42)33-21(29(43)44)9-10-24(31)37/h1-8,14,19,21-23,32,36H,9-13,30H2,(H2,31,37)(H,33,42)(H,34,40)(H,35,41)(H,38,39)(H,43,44). The highest BCUT2D eigenvalue weighted by Crippen LogP contribution is 2.19. The maximum atomic E-state index is 13.5. The second kappa shape index (κ2) is 15.2. The fourth-order valence-corrected chi connectivity index (χ4v) is 4.46. The van der Waals surface area contributed by atoms with E-state index in [1.807, 2.05) is 6.07 Å². The average Bonchev–Trinajstić information content (AvgIpc) is 3.37. The lowest BCUT2D eigenvalue weighted by Gasteiger charge is -2.24. The van der Waals surface area contributed by atoms with E-state index in [-0.39, 0.29) is 31.4 Å². The van der Waals surface area contributed by atoms with E-state index in [4.69, 9.17) is 11.5 Å². The minimum atomic E-state index is -1.73. The number of carboxylic acids is 2. The molecule has 0 saturated carbocycles. The van der Waals surface area contributed by atoms with Gasteiger partial charge in [0, 0.05) is 29.9 Å². The van der Waals surface area contributed by atoms with Crippen LogP contribution in [-0.2, 0) is 41.6 Å². The molecule has 1 heterocycles. The molecular weight excluding hydrogens is 576 g/mol. The lowest BCUT2D eigenvalue weighted by atomic mass is 10.0. The molecule has 0 aliphatic carbocycles. The Labute approximate surface area is 251 Å². The molecule has 4 unspecified atom stereocenters. The smallest absolute Gasteiger partial charge is 0.326 e. The van der Waals surface area contributed by atoms with Gasteiger partial charge >= 0.3 is 11.9 Å². The largest absolute Gasteiger partial charge is 0.508 e. The van der Waals surface area contributed by atoms with E-state index in [0.29, 0.717) is 11.1 Å². The summed E-state index contributed by atoms with van der Waals surface area (Å²) in [5.74, 6) is -6.50. The molecule has 11 N–H and O–H groups in total. The highest BCUT2D eigenvalue weighted by molar-refractivity contribution is 5.96. The third kappa shape index (κ3) is 9.55. The molecule has 0 bridgehead atoms. The number of nitrogens with two attached hydrogens (primary N) is 2. The third-order valence-corrected chi connectivity index (χ3v) is 6.77. The minimum absolute atomic E-state index is 0.0322. The Balaban J connectivity index is 1.83. The van der Waals surface area contributed by atoms with Crippen LogP contribution < -0.4 is 27.4 Å². The summed E-state index contributed by atoms with van der Waals surface area (Å²) in [6.45, 7) is 0. The topological polar surface area (TPSA) is 267 Å². The molecule has 234 valence electrons. The van der Waals surface area contributed by atoms with Gasteiger partial charge in [-0.3, -0.25) is 24.0 Å². The molecule has 0 radical (unpaired) electrons. The monoisotopic (exact) mass is 610 g/mol. The second-order valence-electron chi connectivity index (χ2n) is 10.2. The van der Waals surface area contributed by atoms with Crippen molar-refractivity contribution in [1.82, 2.24) is 20.9 Å². The molecule has 3 rings (SSSR count). The van der Waals surface area contributed by atoms with Gasteiger partial charge in [0.25, 0.3) is 0 Å². The number of benzene rings is 2. The Morgan fingerprint density at radius 1 is 0.795 bits per heavy atom. The number of fused-ring (bicyclic) bond motifs is 1. The van der Waals surface area contributed by atoms with Crippen LogP contribution in [-0.4, -0.2) is 80.0 Å². The Morgan fingerprint density at radius 2 is 1.41 bits per heavy atom. The molecule has 0 aliphatic rings. The molecule has 4 amide bonds. The Bertz CT molecular complexity index is 1520. The maximum absolute atomic E-state index is 13.5. The number of hydrogen-bond acceptors (Lipinski definition) is 8. The number of phenols is 1. The van der Waals surface area contributed by atoms with Crippen molar-refractivity contribution >= 4 is 46.5 Å². The molecule has 0 aliphatic heterocycles. The Morgan fingerprint density at radius 3 is 2.05 bits per heavy atom. The van der Waals surface area contributed by atoms with E-state index in [1.165, 1.54) is 12.1 Å². The highest BCUT2D eigenvalue weighted by Gasteiger charge is 2.32. The first-order chi connectivity index (χ1) is 20.8. The fourth-order valence-electron chi connectivity index (χ4n) is 4.46. The zero-order chi connectivity index (χ0) is 32.4. The minimum Gasteiger partial charge on any atom is -0.508 e. The molecule has 4 atom stereocenters. The average molecular weight is 611 g/mol. The molecule has 1 aromatic heterocycles. The number of aliphatic carboxylic acids is 2. The van der Waals surface area contributed by atoms with Gasteiger partial charge in [-0.1, -0.05) is 30.3 Å². The molecule has 0 spiro atoms. The van der Waals surface area contributed by atoms with Gasteiger partial charge in [0.05, 0.1) is 12.5 Å². The SMILES string of the molecule is NC(=O)CCC(NC(=O)C(CC(=O)O)NC(=O)C(Cc1c[nH]c2ccccc12)NC(=O)C(N)Cc1ccc(O)cc1)C(=O)O. The van der Waals surface area contributed by atoms with Gasteiger partial charge in [0.2, 0.25) is 23.6 Å². The number of phenolic OH excluding ortho intramolecular Hbond substituents is 1. The number of aromatic amines is 1. The van der Waals surface area contributed by atoms with Crippen molar-refractivity contribution < 1.29 is 44.1 Å². The molecule has 0 saturated heterocycles. The van der Waals surface area contributed by atoms with Gasteiger partial charge in [-0.15, -0.1) is 0 Å². The van der Waals surface area contributed by atoms with E-state index >= 15 is 0 Å². The van der Waals surface area contributed by atoms with Crippen molar-refractivity contribution in [3.63, 3.8) is 0 Å².